The number of nitrogens with zero attached hydrogens (tertiary/aromatic N) is 1. The molecule has 1 aliphatic rings. The monoisotopic (exact) mass is 345 g/mol. The van der Waals surface area contributed by atoms with Gasteiger partial charge in [-0.15, -0.1) is 0 Å². The van der Waals surface area contributed by atoms with Crippen LogP contribution in [0.3, 0.4) is 0 Å². The Morgan fingerprint density at radius 3 is 2.62 bits per heavy atom. The van der Waals surface area contributed by atoms with Gasteiger partial charge in [-0.3, -0.25) is 4.79 Å². The molecule has 0 spiro atoms. The second-order valence-electron chi connectivity index (χ2n) is 6.19. The third-order valence-electron chi connectivity index (χ3n) is 4.14. The molecule has 24 heavy (non-hydrogen) atoms. The second kappa shape index (κ2) is 7.98. The summed E-state index contributed by atoms with van der Waals surface area (Å²) >= 11 is 0. The number of aliphatic hydroxyl groups excluding tert-OH is 1. The number of likely N-dealkylation sites (tertiary alicyclic amines) is 1. The van der Waals surface area contributed by atoms with Crippen LogP contribution in [-0.4, -0.2) is 54.3 Å². The van der Waals surface area contributed by atoms with Crippen molar-refractivity contribution in [2.75, 3.05) is 26.2 Å². The van der Waals surface area contributed by atoms with Crippen LogP contribution in [-0.2, 0) is 0 Å². The first-order valence-corrected chi connectivity index (χ1v) is 7.96. The van der Waals surface area contributed by atoms with Crippen molar-refractivity contribution in [1.82, 2.24) is 4.90 Å². The number of rotatable bonds is 6. The Labute approximate surface area is 139 Å². The van der Waals surface area contributed by atoms with Crippen LogP contribution in [0.1, 0.15) is 30.1 Å². The molecule has 0 radical (unpaired) electrons. The van der Waals surface area contributed by atoms with Gasteiger partial charge < -0.3 is 14.7 Å². The third-order valence-corrected chi connectivity index (χ3v) is 4.14. The SMILES string of the molecule is CC(=O)c1ccc(OCC(O)CN2CCCC(C(F)(F)F)C2)cc1. The summed E-state index contributed by atoms with van der Waals surface area (Å²) in [6.45, 7) is 2.09. The van der Waals surface area contributed by atoms with E-state index in [9.17, 15) is 23.1 Å². The van der Waals surface area contributed by atoms with Crippen LogP contribution < -0.4 is 4.74 Å². The van der Waals surface area contributed by atoms with Crippen molar-refractivity contribution < 1.29 is 27.8 Å². The van der Waals surface area contributed by atoms with Gasteiger partial charge in [0.2, 0.25) is 0 Å². The molecule has 1 N–H and O–H groups in total. The number of aliphatic hydroxyl groups is 1. The predicted octanol–water partition coefficient (Wildman–Crippen LogP) is 2.90. The van der Waals surface area contributed by atoms with Crippen molar-refractivity contribution in [3.05, 3.63) is 29.8 Å². The zero-order chi connectivity index (χ0) is 17.7. The van der Waals surface area contributed by atoms with Crippen molar-refractivity contribution >= 4 is 5.78 Å². The molecule has 1 aliphatic heterocycles. The van der Waals surface area contributed by atoms with Crippen molar-refractivity contribution in [3.8, 4) is 5.75 Å². The Kier molecular flexibility index (Phi) is 6.23. The van der Waals surface area contributed by atoms with Crippen LogP contribution in [0.15, 0.2) is 24.3 Å². The molecule has 7 heteroatoms. The molecule has 1 aromatic rings. The molecule has 0 aromatic heterocycles. The van der Waals surface area contributed by atoms with Gasteiger partial charge in [-0.25, -0.2) is 0 Å². The minimum absolute atomic E-state index is 0.00734. The molecule has 1 heterocycles. The Hall–Kier alpha value is -1.60. The highest BCUT2D eigenvalue weighted by Crippen LogP contribution is 2.33. The fraction of sp³-hybridized carbons (Fsp3) is 0.588. The summed E-state index contributed by atoms with van der Waals surface area (Å²) in [5, 5.41) is 9.99. The summed E-state index contributed by atoms with van der Waals surface area (Å²) in [5.41, 5.74) is 0.564. The van der Waals surface area contributed by atoms with Crippen LogP contribution in [0, 0.1) is 5.92 Å². The molecule has 0 saturated carbocycles. The molecule has 4 nitrogen and oxygen atoms in total. The van der Waals surface area contributed by atoms with Crippen molar-refractivity contribution in [3.63, 3.8) is 0 Å². The number of ether oxygens (including phenoxy) is 1. The van der Waals surface area contributed by atoms with E-state index in [1.165, 1.54) is 6.92 Å². The molecule has 0 aliphatic carbocycles. The van der Waals surface area contributed by atoms with Gasteiger partial charge in [0.15, 0.2) is 5.78 Å². The molecule has 0 amide bonds. The lowest BCUT2D eigenvalue weighted by molar-refractivity contribution is -0.187. The molecule has 1 fully saturated rings. The summed E-state index contributed by atoms with van der Waals surface area (Å²) in [5.74, 6) is -0.866. The van der Waals surface area contributed by atoms with E-state index < -0.39 is 18.2 Å². The van der Waals surface area contributed by atoms with Crippen molar-refractivity contribution in [1.29, 1.82) is 0 Å². The molecular weight excluding hydrogens is 323 g/mol. The number of piperidine rings is 1. The lowest BCUT2D eigenvalue weighted by atomic mass is 9.97. The second-order valence-corrected chi connectivity index (χ2v) is 6.19. The normalized spacial score (nSPS) is 20.6. The van der Waals surface area contributed by atoms with E-state index in [4.69, 9.17) is 4.74 Å². The Balaban J connectivity index is 1.78. The first-order chi connectivity index (χ1) is 11.3. The Morgan fingerprint density at radius 1 is 1.38 bits per heavy atom. The van der Waals surface area contributed by atoms with Gasteiger partial charge >= 0.3 is 6.18 Å². The van der Waals surface area contributed by atoms with Crippen LogP contribution in [0.2, 0.25) is 0 Å². The van der Waals surface area contributed by atoms with Gasteiger partial charge in [0.1, 0.15) is 18.5 Å². The molecule has 1 saturated heterocycles. The lowest BCUT2D eigenvalue weighted by Crippen LogP contribution is -2.45. The van der Waals surface area contributed by atoms with Gasteiger partial charge in [0, 0.05) is 18.7 Å². The summed E-state index contributed by atoms with van der Waals surface area (Å²) in [6, 6.07) is 6.51. The van der Waals surface area contributed by atoms with E-state index in [2.05, 4.69) is 0 Å². The minimum Gasteiger partial charge on any atom is -0.491 e. The van der Waals surface area contributed by atoms with Crippen LogP contribution in [0.5, 0.6) is 5.75 Å². The fourth-order valence-electron chi connectivity index (χ4n) is 2.82. The number of ketones is 1. The van der Waals surface area contributed by atoms with E-state index >= 15 is 0 Å². The molecule has 134 valence electrons. The number of β-amino-alcohol motifs (C(OH)–C–C–N with tert-alkyl or cyclic N) is 1. The number of hydrogen-bond donors (Lipinski definition) is 1. The van der Waals surface area contributed by atoms with Gasteiger partial charge in [-0.05, 0) is 50.6 Å². The standard InChI is InChI=1S/C17H22F3NO3/c1-12(22)13-4-6-16(7-5-13)24-11-15(23)10-21-8-2-3-14(9-21)17(18,19)20/h4-7,14-15,23H,2-3,8-11H2,1H3. The first kappa shape index (κ1) is 18.7. The van der Waals surface area contributed by atoms with E-state index in [1.54, 1.807) is 29.2 Å². The highest BCUT2D eigenvalue weighted by molar-refractivity contribution is 5.94. The molecule has 2 atom stereocenters. The lowest BCUT2D eigenvalue weighted by Gasteiger charge is -2.34. The number of Topliss-reactive ketones (excluding diaryl/α,β-unsaturated/α-hetero) is 1. The summed E-state index contributed by atoms with van der Waals surface area (Å²) in [6.07, 6.45) is -4.43. The molecule has 2 unspecified atom stereocenters. The molecule has 0 bridgehead atoms. The van der Waals surface area contributed by atoms with E-state index in [1.807, 2.05) is 0 Å². The maximum absolute atomic E-state index is 12.8. The van der Waals surface area contributed by atoms with Crippen LogP contribution >= 0.6 is 0 Å². The average molecular weight is 345 g/mol. The number of carbonyl (C=O) groups excluding carboxylic acids is 1. The Bertz CT molecular complexity index is 545. The van der Waals surface area contributed by atoms with Gasteiger partial charge in [0.05, 0.1) is 5.92 Å². The highest BCUT2D eigenvalue weighted by atomic mass is 19.4. The van der Waals surface area contributed by atoms with Crippen LogP contribution in [0.4, 0.5) is 13.2 Å². The highest BCUT2D eigenvalue weighted by Gasteiger charge is 2.41. The Morgan fingerprint density at radius 2 is 2.04 bits per heavy atom. The molecule has 2 rings (SSSR count). The van der Waals surface area contributed by atoms with Crippen LogP contribution in [0.25, 0.3) is 0 Å². The number of hydrogen-bond acceptors (Lipinski definition) is 4. The maximum atomic E-state index is 12.8. The van der Waals surface area contributed by atoms with Crippen molar-refractivity contribution in [2.45, 2.75) is 32.0 Å². The van der Waals surface area contributed by atoms with E-state index in [-0.39, 0.29) is 31.9 Å². The van der Waals surface area contributed by atoms with E-state index in [0.717, 1.165) is 0 Å². The molecular formula is C17H22F3NO3. The fourth-order valence-corrected chi connectivity index (χ4v) is 2.82. The van der Waals surface area contributed by atoms with Gasteiger partial charge in [0.25, 0.3) is 0 Å². The zero-order valence-electron chi connectivity index (χ0n) is 13.6. The largest absolute Gasteiger partial charge is 0.491 e. The van der Waals surface area contributed by atoms with Crippen molar-refractivity contribution in [2.24, 2.45) is 5.92 Å². The first-order valence-electron chi connectivity index (χ1n) is 7.96. The summed E-state index contributed by atoms with van der Waals surface area (Å²) in [4.78, 5) is 12.8. The number of benzene rings is 1. The summed E-state index contributed by atoms with van der Waals surface area (Å²) < 4.78 is 43.7. The number of alkyl halides is 3. The number of halogens is 3. The smallest absolute Gasteiger partial charge is 0.393 e. The average Bonchev–Trinajstić information content (AvgIpc) is 2.53. The predicted molar refractivity (Wildman–Crippen MR) is 83.2 cm³/mol. The van der Waals surface area contributed by atoms with Gasteiger partial charge in [-0.1, -0.05) is 0 Å². The minimum atomic E-state index is -4.18. The number of carbonyl (C=O) groups is 1. The van der Waals surface area contributed by atoms with Gasteiger partial charge in [-0.2, -0.15) is 13.2 Å². The summed E-state index contributed by atoms with van der Waals surface area (Å²) in [7, 11) is 0. The third kappa shape index (κ3) is 5.49. The zero-order valence-corrected chi connectivity index (χ0v) is 13.6. The topological polar surface area (TPSA) is 49.8 Å². The maximum Gasteiger partial charge on any atom is 0.393 e. The molecule has 1 aromatic carbocycles. The quantitative estimate of drug-likeness (QED) is 0.806. The van der Waals surface area contributed by atoms with E-state index in [0.29, 0.717) is 24.3 Å².